The van der Waals surface area contributed by atoms with Crippen molar-refractivity contribution in [3.05, 3.63) is 18.0 Å². The first kappa shape index (κ1) is 6.02. The molecule has 0 fully saturated rings. The van der Waals surface area contributed by atoms with E-state index in [1.165, 1.54) is 5.70 Å². The van der Waals surface area contributed by atoms with Gasteiger partial charge in [0.1, 0.15) is 0 Å². The van der Waals surface area contributed by atoms with Crippen LogP contribution in [0.5, 0.6) is 0 Å². The molecule has 0 saturated heterocycles. The summed E-state index contributed by atoms with van der Waals surface area (Å²) in [6.07, 6.45) is 0.920. The van der Waals surface area contributed by atoms with Crippen LogP contribution < -0.4 is 0 Å². The molecule has 45 valence electrons. The molecule has 0 aromatic carbocycles. The first-order chi connectivity index (χ1) is 3.84. The fraction of sp³-hybridized carbons (Fsp3) is 0.500. The van der Waals surface area contributed by atoms with Gasteiger partial charge in [-0.3, -0.25) is 0 Å². The second-order valence-corrected chi connectivity index (χ2v) is 2.68. The number of hydrogen-bond acceptors (Lipinski definition) is 2. The first-order valence-electron chi connectivity index (χ1n) is 2.65. The molecule has 0 aromatic rings. The summed E-state index contributed by atoms with van der Waals surface area (Å²) in [4.78, 5) is 2.22. The fourth-order valence-electron chi connectivity index (χ4n) is 0.668. The van der Waals surface area contributed by atoms with Crippen LogP contribution in [0.15, 0.2) is 11.1 Å². The van der Waals surface area contributed by atoms with Crippen LogP contribution in [0.3, 0.4) is 0 Å². The Morgan fingerprint density at radius 1 is 2.00 bits per heavy atom. The summed E-state index contributed by atoms with van der Waals surface area (Å²) in [6, 6.07) is 0. The van der Waals surface area contributed by atoms with Crippen LogP contribution in [0.25, 0.3) is 0 Å². The Balaban J connectivity index is 2.49. The molecule has 1 nitrogen and oxygen atoms in total. The SMILES string of the molecule is [CH2]CC1=CSCN1C. The molecule has 8 heavy (non-hydrogen) atoms. The largest absolute Gasteiger partial charge is 0.368 e. The second kappa shape index (κ2) is 2.44. The summed E-state index contributed by atoms with van der Waals surface area (Å²) in [5.41, 5.74) is 1.36. The van der Waals surface area contributed by atoms with E-state index in [2.05, 4.69) is 24.3 Å². The predicted molar refractivity (Wildman–Crippen MR) is 38.3 cm³/mol. The predicted octanol–water partition coefficient (Wildman–Crippen LogP) is 1.69. The minimum absolute atomic E-state index is 0.920. The minimum Gasteiger partial charge on any atom is -0.368 e. The summed E-state index contributed by atoms with van der Waals surface area (Å²) >= 11 is 1.84. The monoisotopic (exact) mass is 128 g/mol. The van der Waals surface area contributed by atoms with Gasteiger partial charge in [0.25, 0.3) is 0 Å². The van der Waals surface area contributed by atoms with Crippen molar-refractivity contribution >= 4 is 11.8 Å². The van der Waals surface area contributed by atoms with Crippen LogP contribution in [0.2, 0.25) is 0 Å². The lowest BCUT2D eigenvalue weighted by Crippen LogP contribution is -2.10. The van der Waals surface area contributed by atoms with Crippen molar-refractivity contribution in [2.75, 3.05) is 12.9 Å². The van der Waals surface area contributed by atoms with E-state index in [1.54, 1.807) is 0 Å². The molecule has 2 heteroatoms. The lowest BCUT2D eigenvalue weighted by Gasteiger charge is -2.12. The molecule has 0 spiro atoms. The minimum atomic E-state index is 0.920. The van der Waals surface area contributed by atoms with Crippen LogP contribution in [0, 0.1) is 6.92 Å². The molecule has 0 amide bonds. The average Bonchev–Trinajstić information content (AvgIpc) is 2.14. The van der Waals surface area contributed by atoms with Gasteiger partial charge in [0, 0.05) is 12.7 Å². The van der Waals surface area contributed by atoms with Crippen molar-refractivity contribution in [2.24, 2.45) is 0 Å². The maximum absolute atomic E-state index is 3.79. The highest BCUT2D eigenvalue weighted by atomic mass is 32.2. The molecule has 1 aliphatic rings. The summed E-state index contributed by atoms with van der Waals surface area (Å²) in [5, 5.41) is 2.17. The number of nitrogens with zero attached hydrogens (tertiary/aromatic N) is 1. The maximum atomic E-state index is 3.79. The Morgan fingerprint density at radius 2 is 2.75 bits per heavy atom. The lowest BCUT2D eigenvalue weighted by atomic mass is 10.4. The fourth-order valence-corrected chi connectivity index (χ4v) is 1.62. The van der Waals surface area contributed by atoms with Gasteiger partial charge in [-0.1, -0.05) is 0 Å². The van der Waals surface area contributed by atoms with E-state index < -0.39 is 0 Å². The van der Waals surface area contributed by atoms with E-state index in [0.717, 1.165) is 12.3 Å². The Hall–Kier alpha value is -0.110. The third kappa shape index (κ3) is 0.996. The Kier molecular flexibility index (Phi) is 1.84. The number of rotatable bonds is 1. The summed E-state index contributed by atoms with van der Waals surface area (Å²) in [7, 11) is 2.09. The van der Waals surface area contributed by atoms with Crippen LogP contribution in [-0.2, 0) is 0 Å². The highest BCUT2D eigenvalue weighted by Gasteiger charge is 2.06. The van der Waals surface area contributed by atoms with Crippen LogP contribution in [-0.4, -0.2) is 17.8 Å². The standard InChI is InChI=1S/C6H10NS/c1-3-6-4-8-5-7(6)2/h4H,1,3,5H2,2H3. The molecular formula is C6H10NS. The van der Waals surface area contributed by atoms with Crippen LogP contribution in [0.4, 0.5) is 0 Å². The molecule has 1 heterocycles. The maximum Gasteiger partial charge on any atom is 0.0674 e. The van der Waals surface area contributed by atoms with E-state index in [9.17, 15) is 0 Å². The van der Waals surface area contributed by atoms with E-state index in [1.807, 2.05) is 11.8 Å². The van der Waals surface area contributed by atoms with Crippen LogP contribution in [0.1, 0.15) is 6.42 Å². The lowest BCUT2D eigenvalue weighted by molar-refractivity contribution is 0.493. The van der Waals surface area contributed by atoms with Gasteiger partial charge in [-0.2, -0.15) is 0 Å². The van der Waals surface area contributed by atoms with Gasteiger partial charge in [0.15, 0.2) is 0 Å². The quantitative estimate of drug-likeness (QED) is 0.528. The number of thioether (sulfide) groups is 1. The van der Waals surface area contributed by atoms with Gasteiger partial charge in [0.2, 0.25) is 0 Å². The zero-order valence-electron chi connectivity index (χ0n) is 5.05. The summed E-state index contributed by atoms with van der Waals surface area (Å²) in [6.45, 7) is 3.79. The van der Waals surface area contributed by atoms with Crippen molar-refractivity contribution < 1.29 is 0 Å². The topological polar surface area (TPSA) is 3.24 Å². The Morgan fingerprint density at radius 3 is 3.00 bits per heavy atom. The molecule has 1 aliphatic heterocycles. The number of allylic oxidation sites excluding steroid dienone is 1. The van der Waals surface area contributed by atoms with Gasteiger partial charge in [-0.15, -0.1) is 11.8 Å². The Labute approximate surface area is 54.8 Å². The van der Waals surface area contributed by atoms with E-state index >= 15 is 0 Å². The van der Waals surface area contributed by atoms with Crippen molar-refractivity contribution in [1.29, 1.82) is 0 Å². The Bertz CT molecular complexity index is 109. The molecule has 0 aromatic heterocycles. The molecule has 1 rings (SSSR count). The first-order valence-corrected chi connectivity index (χ1v) is 3.70. The molecule has 0 unspecified atom stereocenters. The van der Waals surface area contributed by atoms with E-state index in [4.69, 9.17) is 0 Å². The third-order valence-electron chi connectivity index (χ3n) is 1.23. The molecule has 0 N–H and O–H groups in total. The smallest absolute Gasteiger partial charge is 0.0674 e. The molecule has 0 bridgehead atoms. The third-order valence-corrected chi connectivity index (χ3v) is 2.21. The van der Waals surface area contributed by atoms with E-state index in [-0.39, 0.29) is 0 Å². The average molecular weight is 128 g/mol. The summed E-state index contributed by atoms with van der Waals surface area (Å²) in [5.74, 6) is 1.10. The van der Waals surface area contributed by atoms with Crippen LogP contribution >= 0.6 is 11.8 Å². The molecule has 1 radical (unpaired) electrons. The highest BCUT2D eigenvalue weighted by molar-refractivity contribution is 8.02. The zero-order chi connectivity index (χ0) is 5.98. The van der Waals surface area contributed by atoms with Gasteiger partial charge in [0.05, 0.1) is 5.88 Å². The molecule has 0 atom stereocenters. The molecule has 0 aliphatic carbocycles. The second-order valence-electron chi connectivity index (χ2n) is 1.85. The van der Waals surface area contributed by atoms with Crippen molar-refractivity contribution in [2.45, 2.75) is 6.42 Å². The van der Waals surface area contributed by atoms with Crippen molar-refractivity contribution in [1.82, 2.24) is 4.90 Å². The molecule has 0 saturated carbocycles. The normalized spacial score (nSPS) is 19.2. The van der Waals surface area contributed by atoms with E-state index in [0.29, 0.717) is 0 Å². The zero-order valence-corrected chi connectivity index (χ0v) is 5.87. The summed E-state index contributed by atoms with van der Waals surface area (Å²) < 4.78 is 0. The van der Waals surface area contributed by atoms with Gasteiger partial charge < -0.3 is 4.90 Å². The number of hydrogen-bond donors (Lipinski definition) is 0. The molecular weight excluding hydrogens is 118 g/mol. The van der Waals surface area contributed by atoms with Gasteiger partial charge >= 0.3 is 0 Å². The van der Waals surface area contributed by atoms with Gasteiger partial charge in [-0.05, 0) is 18.8 Å². The van der Waals surface area contributed by atoms with Crippen molar-refractivity contribution in [3.8, 4) is 0 Å². The van der Waals surface area contributed by atoms with Gasteiger partial charge in [-0.25, -0.2) is 0 Å². The highest BCUT2D eigenvalue weighted by Crippen LogP contribution is 2.22. The van der Waals surface area contributed by atoms with Crippen molar-refractivity contribution in [3.63, 3.8) is 0 Å².